The molecular weight excluding hydrogens is 549 g/mol. The van der Waals surface area contributed by atoms with Gasteiger partial charge in [0.2, 0.25) is 0 Å². The fourth-order valence-corrected chi connectivity index (χ4v) is 4.90. The molecule has 0 atom stereocenters. The summed E-state index contributed by atoms with van der Waals surface area (Å²) in [4.78, 5) is 0. The fourth-order valence-electron chi connectivity index (χ4n) is 3.62. The van der Waals surface area contributed by atoms with Crippen LogP contribution in [0.1, 0.15) is 37.8 Å². The SMILES string of the molecule is Bc1cc2c(cc1I)C(CC)(CC)c1cc(I)c(Br)cc1-2. The number of rotatable bonds is 2. The van der Waals surface area contributed by atoms with Crippen LogP contribution < -0.4 is 5.46 Å². The maximum atomic E-state index is 3.71. The molecule has 21 heavy (non-hydrogen) atoms. The summed E-state index contributed by atoms with van der Waals surface area (Å²) in [6.07, 6.45) is 2.31. The molecule has 0 saturated carbocycles. The van der Waals surface area contributed by atoms with Crippen LogP contribution in [0.4, 0.5) is 0 Å². The van der Waals surface area contributed by atoms with Crippen molar-refractivity contribution in [2.45, 2.75) is 32.1 Å². The highest BCUT2D eigenvalue weighted by Crippen LogP contribution is 2.53. The maximum Gasteiger partial charge on any atom is 0.140 e. The van der Waals surface area contributed by atoms with E-state index in [4.69, 9.17) is 0 Å². The summed E-state index contributed by atoms with van der Waals surface area (Å²) < 4.78 is 3.88. The van der Waals surface area contributed by atoms with Crippen LogP contribution in [0.25, 0.3) is 11.1 Å². The minimum Gasteiger partial charge on any atom is -0.0752 e. The zero-order chi connectivity index (χ0) is 15.4. The number of hydrogen-bond donors (Lipinski definition) is 0. The van der Waals surface area contributed by atoms with Crippen LogP contribution in [0.5, 0.6) is 0 Å². The molecule has 4 heteroatoms. The molecular formula is C17H16BBrI2. The van der Waals surface area contributed by atoms with E-state index in [-0.39, 0.29) is 5.41 Å². The van der Waals surface area contributed by atoms with Crippen molar-refractivity contribution in [3.63, 3.8) is 0 Å². The molecule has 0 amide bonds. The molecule has 0 heterocycles. The van der Waals surface area contributed by atoms with Gasteiger partial charge in [0.15, 0.2) is 0 Å². The summed E-state index contributed by atoms with van der Waals surface area (Å²) in [5.41, 5.74) is 7.43. The molecule has 0 N–H and O–H groups in total. The van der Waals surface area contributed by atoms with E-state index >= 15 is 0 Å². The van der Waals surface area contributed by atoms with Gasteiger partial charge in [0.25, 0.3) is 0 Å². The lowest BCUT2D eigenvalue weighted by molar-refractivity contribution is 0.490. The Morgan fingerprint density at radius 1 is 0.952 bits per heavy atom. The van der Waals surface area contributed by atoms with E-state index in [0.29, 0.717) is 0 Å². The first-order chi connectivity index (χ1) is 9.94. The second kappa shape index (κ2) is 5.82. The topological polar surface area (TPSA) is 0 Å². The van der Waals surface area contributed by atoms with Crippen LogP contribution in [0.3, 0.4) is 0 Å². The molecule has 0 fully saturated rings. The van der Waals surface area contributed by atoms with Gasteiger partial charge >= 0.3 is 0 Å². The van der Waals surface area contributed by atoms with Crippen molar-refractivity contribution in [2.24, 2.45) is 0 Å². The Kier molecular flexibility index (Phi) is 4.52. The zero-order valence-corrected chi connectivity index (χ0v) is 18.3. The Morgan fingerprint density at radius 3 is 2.05 bits per heavy atom. The van der Waals surface area contributed by atoms with Crippen molar-refractivity contribution in [1.82, 2.24) is 0 Å². The first-order valence-electron chi connectivity index (χ1n) is 7.25. The largest absolute Gasteiger partial charge is 0.140 e. The third kappa shape index (κ3) is 2.35. The molecule has 0 bridgehead atoms. The number of halogens is 3. The molecule has 0 aliphatic heterocycles. The van der Waals surface area contributed by atoms with E-state index in [9.17, 15) is 0 Å². The minimum atomic E-state index is 0.179. The summed E-state index contributed by atoms with van der Waals surface area (Å²) in [5.74, 6) is 0. The molecule has 0 saturated heterocycles. The lowest BCUT2D eigenvalue weighted by Crippen LogP contribution is -2.24. The van der Waals surface area contributed by atoms with Gasteiger partial charge in [-0.05, 0) is 114 Å². The van der Waals surface area contributed by atoms with Gasteiger partial charge < -0.3 is 0 Å². The third-order valence-electron chi connectivity index (χ3n) is 4.89. The van der Waals surface area contributed by atoms with Crippen molar-refractivity contribution in [3.8, 4) is 11.1 Å². The Morgan fingerprint density at radius 2 is 1.48 bits per heavy atom. The molecule has 0 aromatic heterocycles. The van der Waals surface area contributed by atoms with E-state index < -0.39 is 0 Å². The predicted octanol–water partition coefficient (Wildman–Crippen LogP) is 5.00. The highest BCUT2D eigenvalue weighted by atomic mass is 127. The smallest absolute Gasteiger partial charge is 0.0752 e. The predicted molar refractivity (Wildman–Crippen MR) is 115 cm³/mol. The highest BCUT2D eigenvalue weighted by molar-refractivity contribution is 14.1. The zero-order valence-electron chi connectivity index (χ0n) is 12.4. The molecule has 3 rings (SSSR count). The van der Waals surface area contributed by atoms with Crippen LogP contribution in [-0.4, -0.2) is 7.85 Å². The summed E-state index contributed by atoms with van der Waals surface area (Å²) in [5, 5.41) is 0. The van der Waals surface area contributed by atoms with Crippen LogP contribution in [0.15, 0.2) is 28.7 Å². The summed E-state index contributed by atoms with van der Waals surface area (Å²) in [6.45, 7) is 4.65. The van der Waals surface area contributed by atoms with Crippen molar-refractivity contribution < 1.29 is 0 Å². The monoisotopic (exact) mass is 564 g/mol. The fraction of sp³-hybridized carbons (Fsp3) is 0.294. The van der Waals surface area contributed by atoms with Crippen molar-refractivity contribution in [1.29, 1.82) is 0 Å². The molecule has 0 nitrogen and oxygen atoms in total. The summed E-state index contributed by atoms with van der Waals surface area (Å²) in [6, 6.07) is 9.49. The van der Waals surface area contributed by atoms with Gasteiger partial charge in [-0.25, -0.2) is 0 Å². The van der Waals surface area contributed by atoms with Gasteiger partial charge in [0, 0.05) is 17.0 Å². The third-order valence-corrected chi connectivity index (χ3v) is 8.34. The van der Waals surface area contributed by atoms with Gasteiger partial charge in [-0.3, -0.25) is 0 Å². The summed E-state index contributed by atoms with van der Waals surface area (Å²) >= 11 is 8.61. The van der Waals surface area contributed by atoms with Crippen molar-refractivity contribution >= 4 is 74.4 Å². The highest BCUT2D eigenvalue weighted by Gasteiger charge is 2.41. The standard InChI is InChI=1S/C17H16BBrI2/c1-3-17(4-2)11-7-15(20)13(18)5-9(11)10-6-14(19)16(21)8-12(10)17/h5-8H,3-4,18H2,1-2H3. The Hall–Kier alpha value is 0.445. The van der Waals surface area contributed by atoms with E-state index in [1.54, 1.807) is 0 Å². The van der Waals surface area contributed by atoms with Crippen LogP contribution in [-0.2, 0) is 5.41 Å². The lowest BCUT2D eigenvalue weighted by atomic mass is 9.73. The van der Waals surface area contributed by atoms with Gasteiger partial charge in [-0.2, -0.15) is 0 Å². The van der Waals surface area contributed by atoms with Crippen LogP contribution in [0.2, 0.25) is 0 Å². The van der Waals surface area contributed by atoms with E-state index in [1.807, 2.05) is 0 Å². The molecule has 0 radical (unpaired) electrons. The van der Waals surface area contributed by atoms with E-state index in [1.165, 1.54) is 39.3 Å². The number of fused-ring (bicyclic) bond motifs is 3. The summed E-state index contributed by atoms with van der Waals surface area (Å²) in [7, 11) is 2.21. The van der Waals surface area contributed by atoms with Crippen LogP contribution >= 0.6 is 61.1 Å². The lowest BCUT2D eigenvalue weighted by Gasteiger charge is -2.30. The normalized spacial score (nSPS) is 14.9. The first kappa shape index (κ1) is 16.3. The molecule has 1 aliphatic carbocycles. The molecule has 0 unspecified atom stereocenters. The van der Waals surface area contributed by atoms with Crippen molar-refractivity contribution in [3.05, 3.63) is 47.0 Å². The Bertz CT molecular complexity index is 677. The molecule has 108 valence electrons. The van der Waals surface area contributed by atoms with Gasteiger partial charge in [0.1, 0.15) is 7.85 Å². The van der Waals surface area contributed by atoms with E-state index in [2.05, 4.69) is 107 Å². The average molecular weight is 565 g/mol. The number of benzene rings is 2. The van der Waals surface area contributed by atoms with E-state index in [0.717, 1.165) is 12.8 Å². The minimum absolute atomic E-state index is 0.179. The quantitative estimate of drug-likeness (QED) is 0.356. The number of hydrogen-bond acceptors (Lipinski definition) is 0. The second-order valence-corrected chi connectivity index (χ2v) is 8.93. The average Bonchev–Trinajstić information content (AvgIpc) is 2.70. The Labute approximate surface area is 163 Å². The van der Waals surface area contributed by atoms with Crippen molar-refractivity contribution in [2.75, 3.05) is 0 Å². The maximum absolute atomic E-state index is 3.71. The van der Waals surface area contributed by atoms with Crippen LogP contribution in [0, 0.1) is 7.14 Å². The second-order valence-electron chi connectivity index (χ2n) is 5.75. The van der Waals surface area contributed by atoms with Gasteiger partial charge in [-0.15, -0.1) is 0 Å². The molecule has 2 aromatic rings. The molecule has 0 spiro atoms. The van der Waals surface area contributed by atoms with Gasteiger partial charge in [-0.1, -0.05) is 25.4 Å². The molecule has 2 aromatic carbocycles. The molecule has 1 aliphatic rings. The Balaban J connectivity index is 2.42. The van der Waals surface area contributed by atoms with Gasteiger partial charge in [0.05, 0.1) is 0 Å². The first-order valence-corrected chi connectivity index (χ1v) is 10.2.